The van der Waals surface area contributed by atoms with E-state index >= 15 is 0 Å². The van der Waals surface area contributed by atoms with E-state index in [2.05, 4.69) is 19.9 Å². The molecule has 1 saturated heterocycles. The van der Waals surface area contributed by atoms with Crippen LogP contribution in [0.5, 0.6) is 0 Å². The van der Waals surface area contributed by atoms with Crippen LogP contribution in [0.3, 0.4) is 0 Å². The maximum Gasteiger partial charge on any atom is 0.163 e. The lowest BCUT2D eigenvalue weighted by molar-refractivity contribution is -0.264. The van der Waals surface area contributed by atoms with Crippen LogP contribution in [-0.4, -0.2) is 29.7 Å². The number of aliphatic hydroxyl groups excluding tert-OH is 2. The van der Waals surface area contributed by atoms with Crippen LogP contribution in [0, 0.1) is 23.2 Å². The minimum absolute atomic E-state index is 0.0171. The third-order valence-electron chi connectivity index (χ3n) is 4.56. The van der Waals surface area contributed by atoms with Gasteiger partial charge in [-0.15, -0.1) is 0 Å². The molecule has 3 nitrogen and oxygen atoms in total. The zero-order chi connectivity index (χ0) is 11.2. The first-order valence-corrected chi connectivity index (χ1v) is 5.63. The molecule has 0 amide bonds. The van der Waals surface area contributed by atoms with Crippen LogP contribution in [0.25, 0.3) is 0 Å². The molecule has 0 spiro atoms. The van der Waals surface area contributed by atoms with Gasteiger partial charge in [0.2, 0.25) is 0 Å². The Bertz CT molecular complexity index is 287. The van der Waals surface area contributed by atoms with E-state index in [9.17, 15) is 10.2 Å². The molecule has 15 heavy (non-hydrogen) atoms. The first-order valence-electron chi connectivity index (χ1n) is 5.63. The van der Waals surface area contributed by atoms with Crippen molar-refractivity contribution in [1.82, 2.24) is 0 Å². The second-order valence-corrected chi connectivity index (χ2v) is 5.05. The summed E-state index contributed by atoms with van der Waals surface area (Å²) in [5.41, 5.74) is 0.813. The van der Waals surface area contributed by atoms with Gasteiger partial charge in [-0.05, 0) is 18.8 Å². The van der Waals surface area contributed by atoms with E-state index in [0.717, 1.165) is 0 Å². The van der Waals surface area contributed by atoms with Crippen molar-refractivity contribution < 1.29 is 14.9 Å². The molecule has 1 aliphatic heterocycles. The van der Waals surface area contributed by atoms with Gasteiger partial charge in [0.15, 0.2) is 6.29 Å². The molecule has 3 heteroatoms. The molecule has 0 radical (unpaired) electrons. The number of aliphatic hydroxyl groups is 2. The van der Waals surface area contributed by atoms with Crippen LogP contribution in [-0.2, 0) is 4.74 Å². The Labute approximate surface area is 90.8 Å². The minimum Gasteiger partial charge on any atom is -0.396 e. The van der Waals surface area contributed by atoms with Crippen molar-refractivity contribution in [1.29, 1.82) is 0 Å². The molecule has 0 aromatic heterocycles. The number of rotatable bonds is 1. The molecule has 2 aliphatic rings. The van der Waals surface area contributed by atoms with Crippen molar-refractivity contribution in [3.8, 4) is 0 Å². The van der Waals surface area contributed by atoms with Gasteiger partial charge in [-0.25, -0.2) is 0 Å². The fourth-order valence-electron chi connectivity index (χ4n) is 3.30. The normalized spacial score (nSPS) is 50.1. The van der Waals surface area contributed by atoms with Gasteiger partial charge in [0.05, 0.1) is 18.6 Å². The minimum atomic E-state index is -0.840. The molecule has 1 heterocycles. The summed E-state index contributed by atoms with van der Waals surface area (Å²) in [5, 5.41) is 19.6. The molecule has 1 fully saturated rings. The van der Waals surface area contributed by atoms with Gasteiger partial charge >= 0.3 is 0 Å². The number of allylic oxidation sites excluding steroid dienone is 1. The largest absolute Gasteiger partial charge is 0.396 e. The smallest absolute Gasteiger partial charge is 0.163 e. The fraction of sp³-hybridized carbons (Fsp3) is 0.833. The van der Waals surface area contributed by atoms with E-state index in [1.54, 1.807) is 0 Å². The van der Waals surface area contributed by atoms with E-state index in [4.69, 9.17) is 4.74 Å². The van der Waals surface area contributed by atoms with E-state index in [1.807, 2.05) is 6.92 Å². The van der Waals surface area contributed by atoms with Crippen molar-refractivity contribution >= 4 is 0 Å². The molecule has 2 N–H and O–H groups in total. The van der Waals surface area contributed by atoms with Gasteiger partial charge in [0.1, 0.15) is 0 Å². The summed E-state index contributed by atoms with van der Waals surface area (Å²) in [7, 11) is 0. The SMILES string of the molecule is CC1=CC(C)C2(CO)C(O)OCC1C2C. The van der Waals surface area contributed by atoms with Crippen molar-refractivity contribution in [3.05, 3.63) is 11.6 Å². The van der Waals surface area contributed by atoms with Gasteiger partial charge in [-0.3, -0.25) is 0 Å². The van der Waals surface area contributed by atoms with Gasteiger partial charge in [-0.1, -0.05) is 25.5 Å². The molecule has 5 unspecified atom stereocenters. The Morgan fingerprint density at radius 3 is 2.80 bits per heavy atom. The molecule has 0 aromatic rings. The van der Waals surface area contributed by atoms with Crippen LogP contribution < -0.4 is 0 Å². The molecule has 0 saturated carbocycles. The van der Waals surface area contributed by atoms with Crippen LogP contribution in [0.1, 0.15) is 20.8 Å². The van der Waals surface area contributed by atoms with Gasteiger partial charge < -0.3 is 14.9 Å². The first kappa shape index (κ1) is 11.1. The lowest BCUT2D eigenvalue weighted by atomic mass is 9.57. The average molecular weight is 212 g/mol. The highest BCUT2D eigenvalue weighted by atomic mass is 16.6. The van der Waals surface area contributed by atoms with Crippen molar-refractivity contribution in [2.75, 3.05) is 13.2 Å². The zero-order valence-electron chi connectivity index (χ0n) is 9.60. The van der Waals surface area contributed by atoms with Crippen LogP contribution in [0.2, 0.25) is 0 Å². The predicted molar refractivity (Wildman–Crippen MR) is 57.1 cm³/mol. The van der Waals surface area contributed by atoms with E-state index < -0.39 is 11.7 Å². The van der Waals surface area contributed by atoms with E-state index in [0.29, 0.717) is 12.5 Å². The standard InChI is InChI=1S/C12H20O3/c1-7-4-8(2)12(6-13)9(3)10(7)5-15-11(12)14/h4,8-11,13-14H,5-6H2,1-3H3. The number of hydrogen-bond acceptors (Lipinski definition) is 3. The summed E-state index contributed by atoms with van der Waals surface area (Å²) >= 11 is 0. The molecular formula is C12H20O3. The lowest BCUT2D eigenvalue weighted by Gasteiger charge is -2.54. The van der Waals surface area contributed by atoms with E-state index in [-0.39, 0.29) is 18.4 Å². The Morgan fingerprint density at radius 2 is 2.20 bits per heavy atom. The monoisotopic (exact) mass is 212 g/mol. The maximum atomic E-state index is 9.99. The summed E-state index contributed by atoms with van der Waals surface area (Å²) < 4.78 is 5.41. The van der Waals surface area contributed by atoms with Gasteiger partial charge in [0.25, 0.3) is 0 Å². The highest BCUT2D eigenvalue weighted by molar-refractivity contribution is 5.19. The second kappa shape index (κ2) is 3.58. The molecule has 2 rings (SSSR count). The summed E-state index contributed by atoms with van der Waals surface area (Å²) in [4.78, 5) is 0. The lowest BCUT2D eigenvalue weighted by Crippen LogP contribution is -2.58. The summed E-state index contributed by atoms with van der Waals surface area (Å²) in [6.07, 6.45) is 1.33. The maximum absolute atomic E-state index is 9.99. The molecule has 0 aromatic carbocycles. The topological polar surface area (TPSA) is 49.7 Å². The van der Waals surface area contributed by atoms with Crippen molar-refractivity contribution in [2.45, 2.75) is 27.1 Å². The van der Waals surface area contributed by atoms with E-state index in [1.165, 1.54) is 5.57 Å². The highest BCUT2D eigenvalue weighted by Crippen LogP contribution is 2.52. The number of fused-ring (bicyclic) bond motifs is 2. The van der Waals surface area contributed by atoms with Crippen molar-refractivity contribution in [2.24, 2.45) is 23.2 Å². The molecule has 2 bridgehead atoms. The highest BCUT2D eigenvalue weighted by Gasteiger charge is 2.55. The van der Waals surface area contributed by atoms with Crippen LogP contribution in [0.4, 0.5) is 0 Å². The van der Waals surface area contributed by atoms with Gasteiger partial charge in [-0.2, -0.15) is 0 Å². The van der Waals surface area contributed by atoms with Crippen LogP contribution >= 0.6 is 0 Å². The number of hydrogen-bond donors (Lipinski definition) is 2. The second-order valence-electron chi connectivity index (χ2n) is 5.05. The summed E-state index contributed by atoms with van der Waals surface area (Å²) in [6.45, 7) is 6.82. The molecule has 86 valence electrons. The molecule has 5 atom stereocenters. The Kier molecular flexibility index (Phi) is 2.65. The Balaban J connectivity index is 2.46. The zero-order valence-corrected chi connectivity index (χ0v) is 9.60. The first-order chi connectivity index (χ1) is 7.04. The third kappa shape index (κ3) is 1.30. The Hall–Kier alpha value is -0.380. The van der Waals surface area contributed by atoms with Crippen molar-refractivity contribution in [3.63, 3.8) is 0 Å². The third-order valence-corrected chi connectivity index (χ3v) is 4.56. The Morgan fingerprint density at radius 1 is 1.53 bits per heavy atom. The summed E-state index contributed by atoms with van der Waals surface area (Å²) in [5.74, 6) is 0.770. The molecule has 1 aliphatic carbocycles. The average Bonchev–Trinajstić information content (AvgIpc) is 2.17. The summed E-state index contributed by atoms with van der Waals surface area (Å²) in [6, 6.07) is 0. The fourth-order valence-corrected chi connectivity index (χ4v) is 3.30. The molecular weight excluding hydrogens is 192 g/mol. The van der Waals surface area contributed by atoms with Crippen LogP contribution in [0.15, 0.2) is 11.6 Å². The predicted octanol–water partition coefficient (Wildman–Crippen LogP) is 1.16. The quantitative estimate of drug-likeness (QED) is 0.641. The van der Waals surface area contributed by atoms with Gasteiger partial charge in [0, 0.05) is 5.92 Å². The number of ether oxygens (including phenoxy) is 1.